The van der Waals surface area contributed by atoms with E-state index in [0.29, 0.717) is 10.7 Å². The van der Waals surface area contributed by atoms with Crippen molar-refractivity contribution in [2.75, 3.05) is 23.9 Å². The number of amides is 2. The maximum absolute atomic E-state index is 13.6. The van der Waals surface area contributed by atoms with Crippen LogP contribution >= 0.6 is 39.0 Å². The van der Waals surface area contributed by atoms with Crippen molar-refractivity contribution in [3.8, 4) is 0 Å². The Morgan fingerprint density at radius 2 is 1.65 bits per heavy atom. The van der Waals surface area contributed by atoms with Gasteiger partial charge in [-0.15, -0.1) is 0 Å². The summed E-state index contributed by atoms with van der Waals surface area (Å²) in [6.45, 7) is 0. The monoisotopic (exact) mass is 515 g/mol. The summed E-state index contributed by atoms with van der Waals surface area (Å²) in [6.07, 6.45) is 0. The number of nitrogens with zero attached hydrogens (tertiary/aromatic N) is 2. The molecule has 2 aliphatic heterocycles. The maximum atomic E-state index is 13.6. The minimum absolute atomic E-state index is 0.169. The second-order valence-electron chi connectivity index (χ2n) is 7.72. The van der Waals surface area contributed by atoms with Crippen LogP contribution in [-0.4, -0.2) is 36.1 Å². The lowest BCUT2D eigenvalue weighted by Gasteiger charge is -2.30. The standard InChI is InChI=1S/C22H18BrN3O3S2/c1-25(2)13-7-3-11(4-8-13)15-16-18(30-19-17(15)31-22(29)24-19)21(28)26(20(16)27)14-9-5-12(23)6-10-14/h3-10,15-16,18H,1-2H3,(H,24,29)/t15-,16?,18?/m1/s1. The number of carbonyl (C=O) groups excluding carboxylic acids is 2. The number of rotatable bonds is 3. The predicted octanol–water partition coefficient (Wildman–Crippen LogP) is 4.06. The van der Waals surface area contributed by atoms with Crippen LogP contribution < -0.4 is 14.7 Å². The molecule has 0 spiro atoms. The SMILES string of the molecule is CN(C)c1ccc([C@H]2c3sc(=O)[nH]c3SC3C(=O)N(c4ccc(Br)cc4)C(=O)C32)cc1. The minimum Gasteiger partial charge on any atom is -0.378 e. The van der Waals surface area contributed by atoms with Gasteiger partial charge in [0.15, 0.2) is 0 Å². The Labute approximate surface area is 195 Å². The third-order valence-corrected chi connectivity index (χ3v) is 8.61. The molecule has 0 bridgehead atoms. The van der Waals surface area contributed by atoms with E-state index in [1.165, 1.54) is 16.7 Å². The van der Waals surface area contributed by atoms with Crippen molar-refractivity contribution in [2.45, 2.75) is 16.2 Å². The van der Waals surface area contributed by atoms with E-state index in [1.807, 2.05) is 55.4 Å². The van der Waals surface area contributed by atoms with E-state index in [4.69, 9.17) is 0 Å². The van der Waals surface area contributed by atoms with E-state index in [9.17, 15) is 14.4 Å². The zero-order chi connectivity index (χ0) is 21.9. The highest BCUT2D eigenvalue weighted by molar-refractivity contribution is 9.10. The summed E-state index contributed by atoms with van der Waals surface area (Å²) in [5.74, 6) is -1.38. The van der Waals surface area contributed by atoms with Gasteiger partial charge >= 0.3 is 4.87 Å². The number of thioether (sulfide) groups is 1. The molecule has 6 nitrogen and oxygen atoms in total. The van der Waals surface area contributed by atoms with Gasteiger partial charge in [-0.3, -0.25) is 14.4 Å². The van der Waals surface area contributed by atoms with Gasteiger partial charge in [0.25, 0.3) is 0 Å². The van der Waals surface area contributed by atoms with Crippen molar-refractivity contribution in [1.29, 1.82) is 0 Å². The Morgan fingerprint density at radius 3 is 2.29 bits per heavy atom. The van der Waals surface area contributed by atoms with E-state index < -0.39 is 11.2 Å². The highest BCUT2D eigenvalue weighted by atomic mass is 79.9. The van der Waals surface area contributed by atoms with Crippen LogP contribution in [0.2, 0.25) is 0 Å². The summed E-state index contributed by atoms with van der Waals surface area (Å²) in [6, 6.07) is 15.1. The Bertz CT molecular complexity index is 1230. The third kappa shape index (κ3) is 3.35. The number of carbonyl (C=O) groups is 2. The molecule has 1 fully saturated rings. The van der Waals surface area contributed by atoms with Crippen LogP contribution in [0.5, 0.6) is 0 Å². The highest BCUT2D eigenvalue weighted by Gasteiger charge is 2.56. The van der Waals surface area contributed by atoms with Crippen molar-refractivity contribution in [1.82, 2.24) is 4.98 Å². The number of hydrogen-bond donors (Lipinski definition) is 1. The third-order valence-electron chi connectivity index (χ3n) is 5.68. The van der Waals surface area contributed by atoms with Crippen molar-refractivity contribution in [3.63, 3.8) is 0 Å². The molecule has 9 heteroatoms. The number of hydrogen-bond acceptors (Lipinski definition) is 6. The number of aromatic nitrogens is 1. The number of halogens is 1. The average Bonchev–Trinajstić information content (AvgIpc) is 3.24. The Balaban J connectivity index is 1.62. The molecular weight excluding hydrogens is 498 g/mol. The van der Waals surface area contributed by atoms with E-state index in [1.54, 1.807) is 12.1 Å². The number of aromatic amines is 1. The summed E-state index contributed by atoms with van der Waals surface area (Å²) in [5.41, 5.74) is 2.53. The van der Waals surface area contributed by atoms with E-state index >= 15 is 0 Å². The number of anilines is 2. The quantitative estimate of drug-likeness (QED) is 0.532. The first kappa shape index (κ1) is 20.5. The lowest BCUT2D eigenvalue weighted by atomic mass is 9.83. The molecule has 0 radical (unpaired) electrons. The summed E-state index contributed by atoms with van der Waals surface area (Å²) in [7, 11) is 3.93. The predicted molar refractivity (Wildman–Crippen MR) is 127 cm³/mol. The number of fused-ring (bicyclic) bond motifs is 2. The van der Waals surface area contributed by atoms with Crippen molar-refractivity contribution < 1.29 is 9.59 Å². The van der Waals surface area contributed by atoms with Crippen LogP contribution in [0.1, 0.15) is 16.4 Å². The number of benzene rings is 2. The van der Waals surface area contributed by atoms with Crippen LogP contribution in [0.25, 0.3) is 0 Å². The molecule has 5 rings (SSSR count). The van der Waals surface area contributed by atoms with Crippen LogP contribution in [-0.2, 0) is 9.59 Å². The van der Waals surface area contributed by atoms with Gasteiger partial charge in [0, 0.05) is 35.1 Å². The molecule has 0 aliphatic carbocycles. The van der Waals surface area contributed by atoms with Crippen molar-refractivity contribution in [3.05, 3.63) is 73.1 Å². The first-order valence-electron chi connectivity index (χ1n) is 9.65. The summed E-state index contributed by atoms with van der Waals surface area (Å²) >= 11 is 5.81. The van der Waals surface area contributed by atoms with Gasteiger partial charge in [-0.05, 0) is 42.0 Å². The summed E-state index contributed by atoms with van der Waals surface area (Å²) in [4.78, 5) is 45.9. The Morgan fingerprint density at radius 1 is 0.968 bits per heavy atom. The fourth-order valence-electron chi connectivity index (χ4n) is 4.20. The molecule has 3 aromatic rings. The second-order valence-corrected chi connectivity index (χ2v) is 10.8. The second kappa shape index (κ2) is 7.65. The van der Waals surface area contributed by atoms with Crippen molar-refractivity contribution in [2.24, 2.45) is 5.92 Å². The van der Waals surface area contributed by atoms with Gasteiger partial charge < -0.3 is 9.88 Å². The molecule has 31 heavy (non-hydrogen) atoms. The normalized spacial score (nSPS) is 22.4. The molecule has 158 valence electrons. The fraction of sp³-hybridized carbons (Fsp3) is 0.227. The van der Waals surface area contributed by atoms with Gasteiger partial charge in [-0.25, -0.2) is 4.90 Å². The molecule has 2 aliphatic rings. The van der Waals surface area contributed by atoms with Crippen LogP contribution in [0.4, 0.5) is 11.4 Å². The van der Waals surface area contributed by atoms with E-state index in [2.05, 4.69) is 20.9 Å². The average molecular weight is 516 g/mol. The number of nitrogens with one attached hydrogen (secondary N) is 1. The number of imide groups is 1. The molecule has 1 N–H and O–H groups in total. The summed E-state index contributed by atoms with van der Waals surface area (Å²) in [5, 5.41) is 0.115. The molecule has 0 saturated carbocycles. The van der Waals surface area contributed by atoms with E-state index in [0.717, 1.165) is 31.9 Å². The van der Waals surface area contributed by atoms with Gasteiger partial charge in [-0.2, -0.15) is 0 Å². The van der Waals surface area contributed by atoms with Crippen molar-refractivity contribution >= 4 is 62.2 Å². The molecule has 1 aromatic heterocycles. The van der Waals surface area contributed by atoms with E-state index in [-0.39, 0.29) is 22.6 Å². The molecule has 2 unspecified atom stereocenters. The maximum Gasteiger partial charge on any atom is 0.305 e. The first-order chi connectivity index (χ1) is 14.8. The lowest BCUT2D eigenvalue weighted by molar-refractivity contribution is -0.122. The molecule has 1 saturated heterocycles. The number of thiazole rings is 1. The van der Waals surface area contributed by atoms with Crippen LogP contribution in [0.15, 0.2) is 62.8 Å². The molecule has 2 aromatic carbocycles. The summed E-state index contributed by atoms with van der Waals surface area (Å²) < 4.78 is 0.876. The van der Waals surface area contributed by atoms with Crippen LogP contribution in [0.3, 0.4) is 0 Å². The van der Waals surface area contributed by atoms with Crippen LogP contribution in [0, 0.1) is 5.92 Å². The van der Waals surface area contributed by atoms with Gasteiger partial charge in [-0.1, -0.05) is 51.2 Å². The number of H-pyrrole nitrogens is 1. The minimum atomic E-state index is -0.576. The molecule has 3 heterocycles. The van der Waals surface area contributed by atoms with Gasteiger partial charge in [0.05, 0.1) is 16.6 Å². The first-order valence-corrected chi connectivity index (χ1v) is 12.1. The largest absolute Gasteiger partial charge is 0.378 e. The molecule has 2 amide bonds. The fourth-order valence-corrected chi connectivity index (χ4v) is 6.98. The Kier molecular flexibility index (Phi) is 5.07. The van der Waals surface area contributed by atoms with Gasteiger partial charge in [0.2, 0.25) is 11.8 Å². The van der Waals surface area contributed by atoms with Gasteiger partial charge in [0.1, 0.15) is 5.25 Å². The zero-order valence-corrected chi connectivity index (χ0v) is 19.9. The molecule has 3 atom stereocenters. The smallest absolute Gasteiger partial charge is 0.305 e. The Hall–Kier alpha value is -2.36. The lowest BCUT2D eigenvalue weighted by Crippen LogP contribution is -2.32. The highest BCUT2D eigenvalue weighted by Crippen LogP contribution is 2.53. The topological polar surface area (TPSA) is 73.5 Å². The zero-order valence-electron chi connectivity index (χ0n) is 16.7. The molecular formula is C22H18BrN3O3S2.